The smallest absolute Gasteiger partial charge is 0.233 e. The summed E-state index contributed by atoms with van der Waals surface area (Å²) in [6, 6.07) is 5.80. The molecular weight excluding hydrogens is 232 g/mol. The molecule has 4 heteroatoms. The fourth-order valence-corrected chi connectivity index (χ4v) is 2.29. The minimum absolute atomic E-state index is 0.0179. The molecule has 1 aromatic rings. The van der Waals surface area contributed by atoms with Gasteiger partial charge in [0.25, 0.3) is 0 Å². The summed E-state index contributed by atoms with van der Waals surface area (Å²) < 4.78 is 0. The molecule has 1 unspecified atom stereocenters. The first-order chi connectivity index (χ1) is 8.04. The van der Waals surface area contributed by atoms with Crippen LogP contribution in [0.1, 0.15) is 12.5 Å². The molecule has 0 saturated heterocycles. The van der Waals surface area contributed by atoms with E-state index in [0.717, 1.165) is 16.1 Å². The largest absolute Gasteiger partial charge is 0.399 e. The molecule has 0 aliphatic heterocycles. The molecule has 0 fully saturated rings. The van der Waals surface area contributed by atoms with Crippen molar-refractivity contribution < 1.29 is 4.79 Å². The maximum atomic E-state index is 11.7. The summed E-state index contributed by atoms with van der Waals surface area (Å²) in [4.78, 5) is 12.7. The Bertz CT molecular complexity index is 418. The third-order valence-corrected chi connectivity index (χ3v) is 3.44. The number of hydrogen-bond donors (Lipinski definition) is 2. The summed E-state index contributed by atoms with van der Waals surface area (Å²) in [5.74, 6) is 0.0179. The Hall–Kier alpha value is -1.42. The lowest BCUT2D eigenvalue weighted by Gasteiger charge is -2.11. The van der Waals surface area contributed by atoms with Crippen molar-refractivity contribution in [1.29, 1.82) is 0 Å². The van der Waals surface area contributed by atoms with E-state index in [9.17, 15) is 4.79 Å². The SMILES string of the molecule is C=CCNC(=O)C(C)Sc1ccc(N)c(C)c1. The van der Waals surface area contributed by atoms with E-state index in [1.54, 1.807) is 6.08 Å². The van der Waals surface area contributed by atoms with E-state index in [1.165, 1.54) is 11.8 Å². The van der Waals surface area contributed by atoms with Crippen molar-refractivity contribution in [2.75, 3.05) is 12.3 Å². The van der Waals surface area contributed by atoms with Crippen LogP contribution in [0.5, 0.6) is 0 Å². The first kappa shape index (κ1) is 13.6. The van der Waals surface area contributed by atoms with E-state index in [2.05, 4.69) is 11.9 Å². The van der Waals surface area contributed by atoms with Gasteiger partial charge >= 0.3 is 0 Å². The van der Waals surface area contributed by atoms with Gasteiger partial charge in [-0.25, -0.2) is 0 Å². The van der Waals surface area contributed by atoms with Crippen LogP contribution >= 0.6 is 11.8 Å². The lowest BCUT2D eigenvalue weighted by atomic mass is 10.2. The molecule has 3 nitrogen and oxygen atoms in total. The second-order valence-electron chi connectivity index (χ2n) is 3.81. The van der Waals surface area contributed by atoms with Gasteiger partial charge in [-0.05, 0) is 37.6 Å². The average molecular weight is 250 g/mol. The van der Waals surface area contributed by atoms with Crippen molar-refractivity contribution in [3.05, 3.63) is 36.4 Å². The zero-order valence-electron chi connectivity index (χ0n) is 10.2. The number of amides is 1. The number of thioether (sulfide) groups is 1. The van der Waals surface area contributed by atoms with Crippen LogP contribution in [0.15, 0.2) is 35.7 Å². The molecule has 0 aromatic heterocycles. The van der Waals surface area contributed by atoms with E-state index in [1.807, 2.05) is 32.0 Å². The molecule has 0 heterocycles. The molecule has 0 spiro atoms. The molecular formula is C13H18N2OS. The first-order valence-electron chi connectivity index (χ1n) is 5.46. The Balaban J connectivity index is 2.61. The van der Waals surface area contributed by atoms with Crippen molar-refractivity contribution in [3.8, 4) is 0 Å². The van der Waals surface area contributed by atoms with Crippen molar-refractivity contribution >= 4 is 23.4 Å². The molecule has 0 radical (unpaired) electrons. The van der Waals surface area contributed by atoms with Gasteiger partial charge in [0.1, 0.15) is 0 Å². The van der Waals surface area contributed by atoms with Crippen LogP contribution in [0, 0.1) is 6.92 Å². The van der Waals surface area contributed by atoms with Gasteiger partial charge in [0.05, 0.1) is 5.25 Å². The van der Waals surface area contributed by atoms with Gasteiger partial charge in [0.2, 0.25) is 5.91 Å². The van der Waals surface area contributed by atoms with Crippen LogP contribution in [0.25, 0.3) is 0 Å². The number of nitrogens with one attached hydrogen (secondary N) is 1. The molecule has 3 N–H and O–H groups in total. The van der Waals surface area contributed by atoms with Gasteiger partial charge < -0.3 is 11.1 Å². The van der Waals surface area contributed by atoms with Gasteiger partial charge in [-0.15, -0.1) is 18.3 Å². The van der Waals surface area contributed by atoms with E-state index < -0.39 is 0 Å². The topological polar surface area (TPSA) is 55.1 Å². The highest BCUT2D eigenvalue weighted by atomic mass is 32.2. The van der Waals surface area contributed by atoms with Gasteiger partial charge in [0.15, 0.2) is 0 Å². The van der Waals surface area contributed by atoms with Crippen molar-refractivity contribution in [2.45, 2.75) is 24.0 Å². The Morgan fingerprint density at radius 3 is 2.94 bits per heavy atom. The summed E-state index contributed by atoms with van der Waals surface area (Å²) in [6.45, 7) is 7.91. The lowest BCUT2D eigenvalue weighted by molar-refractivity contribution is -0.120. The number of benzene rings is 1. The molecule has 1 amide bonds. The van der Waals surface area contributed by atoms with Crippen molar-refractivity contribution in [3.63, 3.8) is 0 Å². The second-order valence-corrected chi connectivity index (χ2v) is 5.23. The second kappa shape index (κ2) is 6.35. The Kier molecular flexibility index (Phi) is 5.10. The van der Waals surface area contributed by atoms with Crippen LogP contribution in [0.2, 0.25) is 0 Å². The molecule has 0 bridgehead atoms. The number of carbonyl (C=O) groups excluding carboxylic acids is 1. The number of nitrogens with two attached hydrogens (primary N) is 1. The van der Waals surface area contributed by atoms with E-state index in [-0.39, 0.29) is 11.2 Å². The van der Waals surface area contributed by atoms with E-state index in [0.29, 0.717) is 6.54 Å². The minimum Gasteiger partial charge on any atom is -0.399 e. The highest BCUT2D eigenvalue weighted by molar-refractivity contribution is 8.00. The van der Waals surface area contributed by atoms with Crippen LogP contribution in [-0.2, 0) is 4.79 Å². The molecule has 17 heavy (non-hydrogen) atoms. The Labute approximate surface area is 106 Å². The fraction of sp³-hybridized carbons (Fsp3) is 0.308. The van der Waals surface area contributed by atoms with Gasteiger partial charge in [0, 0.05) is 17.1 Å². The maximum absolute atomic E-state index is 11.7. The zero-order valence-corrected chi connectivity index (χ0v) is 11.0. The fourth-order valence-electron chi connectivity index (χ4n) is 1.30. The molecule has 1 aromatic carbocycles. The van der Waals surface area contributed by atoms with Crippen LogP contribution in [0.3, 0.4) is 0 Å². The molecule has 0 aliphatic rings. The van der Waals surface area contributed by atoms with E-state index in [4.69, 9.17) is 5.73 Å². The number of nitrogen functional groups attached to an aromatic ring is 1. The summed E-state index contributed by atoms with van der Waals surface area (Å²) in [6.07, 6.45) is 1.67. The first-order valence-corrected chi connectivity index (χ1v) is 6.34. The molecule has 92 valence electrons. The van der Waals surface area contributed by atoms with Crippen molar-refractivity contribution in [1.82, 2.24) is 5.32 Å². The third-order valence-electron chi connectivity index (χ3n) is 2.34. The normalized spacial score (nSPS) is 11.9. The lowest BCUT2D eigenvalue weighted by Crippen LogP contribution is -2.30. The summed E-state index contributed by atoms with van der Waals surface area (Å²) >= 11 is 1.52. The van der Waals surface area contributed by atoms with Crippen molar-refractivity contribution in [2.24, 2.45) is 0 Å². The molecule has 1 rings (SSSR count). The maximum Gasteiger partial charge on any atom is 0.233 e. The van der Waals surface area contributed by atoms with Gasteiger partial charge in [-0.3, -0.25) is 4.79 Å². The zero-order chi connectivity index (χ0) is 12.8. The molecule has 0 aliphatic carbocycles. The third kappa shape index (κ3) is 4.15. The number of carbonyl (C=O) groups is 1. The van der Waals surface area contributed by atoms with E-state index >= 15 is 0 Å². The monoisotopic (exact) mass is 250 g/mol. The number of hydrogen-bond acceptors (Lipinski definition) is 3. The predicted molar refractivity (Wildman–Crippen MR) is 74.1 cm³/mol. The van der Waals surface area contributed by atoms with Crippen LogP contribution in [0.4, 0.5) is 5.69 Å². The predicted octanol–water partition coefficient (Wildman–Crippen LogP) is 2.36. The van der Waals surface area contributed by atoms with Crippen LogP contribution < -0.4 is 11.1 Å². The quantitative estimate of drug-likeness (QED) is 0.479. The Morgan fingerprint density at radius 1 is 1.65 bits per heavy atom. The standard InChI is InChI=1S/C13H18N2OS/c1-4-7-15-13(16)10(3)17-11-5-6-12(14)9(2)8-11/h4-6,8,10H,1,7,14H2,2-3H3,(H,15,16). The highest BCUT2D eigenvalue weighted by Crippen LogP contribution is 2.26. The number of rotatable bonds is 5. The Morgan fingerprint density at radius 2 is 2.35 bits per heavy atom. The number of anilines is 1. The summed E-state index contributed by atoms with van der Waals surface area (Å²) in [5.41, 5.74) is 7.56. The molecule has 1 atom stereocenters. The van der Waals surface area contributed by atoms with Crippen LogP contribution in [-0.4, -0.2) is 17.7 Å². The number of aryl methyl sites for hydroxylation is 1. The minimum atomic E-state index is -0.127. The average Bonchev–Trinajstić information content (AvgIpc) is 2.30. The van der Waals surface area contributed by atoms with Gasteiger partial charge in [-0.2, -0.15) is 0 Å². The summed E-state index contributed by atoms with van der Waals surface area (Å²) in [7, 11) is 0. The highest BCUT2D eigenvalue weighted by Gasteiger charge is 2.13. The summed E-state index contributed by atoms with van der Waals surface area (Å²) in [5, 5.41) is 2.65. The molecule has 0 saturated carbocycles. The van der Waals surface area contributed by atoms with Gasteiger partial charge in [-0.1, -0.05) is 6.08 Å².